The van der Waals surface area contributed by atoms with E-state index in [1.165, 1.54) is 6.92 Å². The first-order valence-corrected chi connectivity index (χ1v) is 11.9. The van der Waals surface area contributed by atoms with Crippen molar-refractivity contribution < 1.29 is 24.2 Å². The van der Waals surface area contributed by atoms with Gasteiger partial charge in [0.05, 0.1) is 17.1 Å². The third kappa shape index (κ3) is 5.76. The van der Waals surface area contributed by atoms with E-state index < -0.39 is 35.7 Å². The lowest BCUT2D eigenvalue weighted by atomic mass is 9.80. The van der Waals surface area contributed by atoms with Gasteiger partial charge in [0.1, 0.15) is 12.2 Å². The van der Waals surface area contributed by atoms with Crippen molar-refractivity contribution in [2.45, 2.75) is 64.8 Å². The van der Waals surface area contributed by atoms with Crippen molar-refractivity contribution in [2.75, 3.05) is 0 Å². The van der Waals surface area contributed by atoms with Gasteiger partial charge in [0.25, 0.3) is 0 Å². The van der Waals surface area contributed by atoms with Crippen molar-refractivity contribution in [3.63, 3.8) is 0 Å². The zero-order chi connectivity index (χ0) is 25.0. The predicted octanol–water partition coefficient (Wildman–Crippen LogP) is 5.58. The molecule has 2 aliphatic rings. The number of hydrogen-bond acceptors (Lipinski definition) is 5. The zero-order valence-electron chi connectivity index (χ0n) is 20.6. The Balaban J connectivity index is 2.06. The van der Waals surface area contributed by atoms with Crippen molar-refractivity contribution in [3.8, 4) is 0 Å². The summed E-state index contributed by atoms with van der Waals surface area (Å²) < 4.78 is 11.8. The van der Waals surface area contributed by atoms with Gasteiger partial charge >= 0.3 is 11.9 Å². The van der Waals surface area contributed by atoms with E-state index in [-0.39, 0.29) is 11.8 Å². The molecule has 1 fully saturated rings. The molecule has 0 radical (unpaired) electrons. The Bertz CT molecular complexity index is 1000. The largest absolute Gasteiger partial charge is 0.458 e. The maximum absolute atomic E-state index is 13.0. The molecule has 6 atom stereocenters. The average Bonchev–Trinajstić information content (AvgIpc) is 2.99. The van der Waals surface area contributed by atoms with Crippen molar-refractivity contribution >= 4 is 11.9 Å². The van der Waals surface area contributed by atoms with E-state index in [2.05, 4.69) is 19.2 Å². The maximum atomic E-state index is 13.0. The van der Waals surface area contributed by atoms with E-state index in [1.807, 2.05) is 39.0 Å². The van der Waals surface area contributed by atoms with Crippen LogP contribution in [-0.2, 0) is 14.3 Å². The molecule has 0 heterocycles. The molecular formula is C29H36O5. The van der Waals surface area contributed by atoms with Crippen LogP contribution in [0.3, 0.4) is 0 Å². The molecule has 0 aromatic heterocycles. The van der Waals surface area contributed by atoms with E-state index in [0.29, 0.717) is 24.0 Å². The molecule has 5 nitrogen and oxygen atoms in total. The van der Waals surface area contributed by atoms with Crippen LogP contribution in [0.2, 0.25) is 0 Å². The van der Waals surface area contributed by atoms with Crippen molar-refractivity contribution in [2.24, 2.45) is 17.8 Å². The summed E-state index contributed by atoms with van der Waals surface area (Å²) in [7, 11) is 0. The fourth-order valence-electron chi connectivity index (χ4n) is 5.24. The topological polar surface area (TPSA) is 72.8 Å². The third-order valence-corrected chi connectivity index (χ3v) is 6.89. The van der Waals surface area contributed by atoms with Crippen LogP contribution >= 0.6 is 0 Å². The van der Waals surface area contributed by atoms with Crippen molar-refractivity contribution in [1.82, 2.24) is 0 Å². The molecule has 3 rings (SSSR count). The molecule has 0 aliphatic heterocycles. The normalized spacial score (nSPS) is 34.1. The van der Waals surface area contributed by atoms with Gasteiger partial charge in [-0.05, 0) is 68.7 Å². The molecule has 5 heteroatoms. The second-order valence-corrected chi connectivity index (χ2v) is 9.86. The number of carbonyl (C=O) groups is 2. The minimum Gasteiger partial charge on any atom is -0.458 e. The number of benzene rings is 1. The van der Waals surface area contributed by atoms with Gasteiger partial charge in [-0.15, -0.1) is 0 Å². The number of carbonyl (C=O) groups excluding carboxylic acids is 2. The first-order chi connectivity index (χ1) is 16.0. The number of esters is 2. The SMILES string of the molecule is C=C(C)[C@@H]1/C=C/C(C)=C\[C@@]2(O)C[C@H](C)[C@H](OC(=O)c3ccccc3)[C@@H]2[C@@H](OC(C)=O)C(=C)CC1. The minimum atomic E-state index is -1.35. The summed E-state index contributed by atoms with van der Waals surface area (Å²) in [4.78, 5) is 25.1. The van der Waals surface area contributed by atoms with Crippen molar-refractivity contribution in [3.05, 3.63) is 84.0 Å². The van der Waals surface area contributed by atoms with Crippen molar-refractivity contribution in [1.29, 1.82) is 0 Å². The van der Waals surface area contributed by atoms with Gasteiger partial charge < -0.3 is 14.6 Å². The maximum Gasteiger partial charge on any atom is 0.338 e. The molecule has 0 unspecified atom stereocenters. The van der Waals surface area contributed by atoms with Crippen LogP contribution in [0.15, 0.2) is 78.4 Å². The Morgan fingerprint density at radius 3 is 2.44 bits per heavy atom. The van der Waals surface area contributed by atoms with Gasteiger partial charge in [0.15, 0.2) is 0 Å². The number of rotatable bonds is 4. The van der Waals surface area contributed by atoms with E-state index in [0.717, 1.165) is 17.6 Å². The number of aliphatic hydroxyl groups is 1. The smallest absolute Gasteiger partial charge is 0.338 e. The number of ether oxygens (including phenoxy) is 2. The summed E-state index contributed by atoms with van der Waals surface area (Å²) in [6, 6.07) is 8.77. The van der Waals surface area contributed by atoms with E-state index in [4.69, 9.17) is 9.47 Å². The summed E-state index contributed by atoms with van der Waals surface area (Å²) in [5.41, 5.74) is 1.70. The molecule has 1 saturated carbocycles. The summed E-state index contributed by atoms with van der Waals surface area (Å²) in [6.45, 7) is 15.6. The quantitative estimate of drug-likeness (QED) is 0.465. The van der Waals surface area contributed by atoms with E-state index in [1.54, 1.807) is 24.3 Å². The number of allylic oxidation sites excluding steroid dienone is 4. The lowest BCUT2D eigenvalue weighted by molar-refractivity contribution is -0.153. The Kier molecular flexibility index (Phi) is 7.98. The molecule has 0 saturated heterocycles. The molecule has 34 heavy (non-hydrogen) atoms. The highest BCUT2D eigenvalue weighted by Gasteiger charge is 2.56. The van der Waals surface area contributed by atoms with Gasteiger partial charge in [-0.25, -0.2) is 4.79 Å². The zero-order valence-corrected chi connectivity index (χ0v) is 20.6. The Morgan fingerprint density at radius 1 is 1.15 bits per heavy atom. The van der Waals surface area contributed by atoms with Crippen LogP contribution in [-0.4, -0.2) is 34.9 Å². The van der Waals surface area contributed by atoms with Crippen LogP contribution in [0.25, 0.3) is 0 Å². The molecule has 2 aliphatic carbocycles. The first kappa shape index (κ1) is 25.7. The monoisotopic (exact) mass is 464 g/mol. The van der Waals surface area contributed by atoms with Crippen LogP contribution in [0.5, 0.6) is 0 Å². The highest BCUT2D eigenvalue weighted by molar-refractivity contribution is 5.89. The first-order valence-electron chi connectivity index (χ1n) is 11.9. The molecule has 0 spiro atoms. The van der Waals surface area contributed by atoms with Gasteiger partial charge in [-0.1, -0.05) is 61.6 Å². The molecule has 1 aromatic carbocycles. The van der Waals surface area contributed by atoms with Gasteiger partial charge in [0.2, 0.25) is 0 Å². The molecule has 1 N–H and O–H groups in total. The molecular weight excluding hydrogens is 428 g/mol. The average molecular weight is 465 g/mol. The van der Waals surface area contributed by atoms with Gasteiger partial charge in [-0.2, -0.15) is 0 Å². The molecule has 1 aromatic rings. The Hall–Kier alpha value is -2.92. The second-order valence-electron chi connectivity index (χ2n) is 9.86. The van der Waals surface area contributed by atoms with Crippen LogP contribution in [0.4, 0.5) is 0 Å². The number of hydrogen-bond donors (Lipinski definition) is 1. The lowest BCUT2D eigenvalue weighted by Gasteiger charge is -2.37. The highest BCUT2D eigenvalue weighted by atomic mass is 16.6. The highest BCUT2D eigenvalue weighted by Crippen LogP contribution is 2.48. The molecule has 0 amide bonds. The van der Waals surface area contributed by atoms with E-state index in [9.17, 15) is 14.7 Å². The van der Waals surface area contributed by atoms with Crippen LogP contribution in [0, 0.1) is 17.8 Å². The molecule has 0 bridgehead atoms. The summed E-state index contributed by atoms with van der Waals surface area (Å²) in [6.07, 6.45) is 6.15. The Labute approximate surface area is 202 Å². The standard InChI is InChI=1S/C29H36O5/c1-18(2)23-14-12-19(3)16-29(32)17-21(5)27(34-28(31)24-10-8-7-9-11-24)25(29)26(33-22(6)30)20(4)13-15-23/h7-12,14,16,21,23,25-27,32H,1,4,13,15,17H2,2-3,5-6H3/b14-12+,19-16-/t21-,23+,25-,26-,27-,29+/m0/s1. The number of fused-ring (bicyclic) bond motifs is 1. The van der Waals surface area contributed by atoms with Gasteiger partial charge in [0, 0.05) is 6.92 Å². The third-order valence-electron chi connectivity index (χ3n) is 6.89. The fourth-order valence-corrected chi connectivity index (χ4v) is 5.24. The summed E-state index contributed by atoms with van der Waals surface area (Å²) in [5.74, 6) is -1.64. The van der Waals surface area contributed by atoms with E-state index >= 15 is 0 Å². The van der Waals surface area contributed by atoms with Crippen LogP contribution in [0.1, 0.15) is 57.3 Å². The lowest BCUT2D eigenvalue weighted by Crippen LogP contribution is -2.47. The molecule has 182 valence electrons. The summed E-state index contributed by atoms with van der Waals surface area (Å²) in [5, 5.41) is 11.9. The summed E-state index contributed by atoms with van der Waals surface area (Å²) >= 11 is 0. The Morgan fingerprint density at radius 2 is 1.82 bits per heavy atom. The fraction of sp³-hybridized carbons (Fsp3) is 0.448. The predicted molar refractivity (Wildman–Crippen MR) is 133 cm³/mol. The van der Waals surface area contributed by atoms with Gasteiger partial charge in [-0.3, -0.25) is 4.79 Å². The minimum absolute atomic E-state index is 0.135. The van der Waals surface area contributed by atoms with Crippen LogP contribution < -0.4 is 0 Å². The second kappa shape index (κ2) is 10.6.